The summed E-state index contributed by atoms with van der Waals surface area (Å²) in [6, 6.07) is 5.64. The molecule has 0 saturated heterocycles. The Kier molecular flexibility index (Phi) is 4.48. The Morgan fingerprint density at radius 1 is 1.57 bits per heavy atom. The lowest BCUT2D eigenvalue weighted by atomic mass is 10.2. The van der Waals surface area contributed by atoms with Gasteiger partial charge in [0.15, 0.2) is 0 Å². The molecule has 4 heteroatoms. The molecular formula is C10H11BrO2S. The van der Waals surface area contributed by atoms with Crippen molar-refractivity contribution in [2.75, 3.05) is 12.9 Å². The second kappa shape index (κ2) is 5.41. The van der Waals surface area contributed by atoms with Crippen LogP contribution in [0.25, 0.3) is 0 Å². The Morgan fingerprint density at radius 2 is 2.29 bits per heavy atom. The maximum absolute atomic E-state index is 11.5. The van der Waals surface area contributed by atoms with Gasteiger partial charge in [-0.05, 0) is 47.3 Å². The molecule has 1 aromatic rings. The normalized spacial score (nSPS) is 9.93. The molecule has 0 fully saturated rings. The first kappa shape index (κ1) is 11.6. The Labute approximate surface area is 96.2 Å². The second-order valence-corrected chi connectivity index (χ2v) is 4.30. The largest absolute Gasteiger partial charge is 0.462 e. The summed E-state index contributed by atoms with van der Waals surface area (Å²) in [5.41, 5.74) is 0.582. The molecule has 0 radical (unpaired) electrons. The minimum absolute atomic E-state index is 0.282. The van der Waals surface area contributed by atoms with E-state index in [1.807, 2.05) is 24.5 Å². The molecular weight excluding hydrogens is 264 g/mol. The molecule has 1 aromatic carbocycles. The number of ether oxygens (including phenoxy) is 1. The van der Waals surface area contributed by atoms with Gasteiger partial charge in [0.25, 0.3) is 0 Å². The summed E-state index contributed by atoms with van der Waals surface area (Å²) >= 11 is 4.92. The Morgan fingerprint density at radius 3 is 2.86 bits per heavy atom. The molecule has 2 nitrogen and oxygen atoms in total. The summed E-state index contributed by atoms with van der Waals surface area (Å²) < 4.78 is 5.70. The smallest absolute Gasteiger partial charge is 0.339 e. The minimum atomic E-state index is -0.282. The van der Waals surface area contributed by atoms with Crippen LogP contribution in [0.3, 0.4) is 0 Å². The van der Waals surface area contributed by atoms with E-state index in [1.165, 1.54) is 0 Å². The third-order valence-electron chi connectivity index (χ3n) is 1.67. The average Bonchev–Trinajstić information content (AvgIpc) is 2.19. The maximum atomic E-state index is 11.5. The van der Waals surface area contributed by atoms with Crippen LogP contribution >= 0.6 is 27.7 Å². The lowest BCUT2D eigenvalue weighted by Gasteiger charge is -2.05. The van der Waals surface area contributed by atoms with E-state index < -0.39 is 0 Å². The zero-order chi connectivity index (χ0) is 10.6. The molecule has 0 aliphatic carbocycles. The highest BCUT2D eigenvalue weighted by Crippen LogP contribution is 2.23. The first-order valence-corrected chi connectivity index (χ1v) is 6.21. The summed E-state index contributed by atoms with van der Waals surface area (Å²) in [4.78, 5) is 12.5. The van der Waals surface area contributed by atoms with Crippen LogP contribution in [-0.2, 0) is 4.74 Å². The van der Waals surface area contributed by atoms with Gasteiger partial charge in [0.1, 0.15) is 0 Å². The fourth-order valence-corrected chi connectivity index (χ4v) is 1.84. The number of halogens is 1. The van der Waals surface area contributed by atoms with Crippen LogP contribution in [-0.4, -0.2) is 18.8 Å². The predicted octanol–water partition coefficient (Wildman–Crippen LogP) is 3.35. The van der Waals surface area contributed by atoms with Gasteiger partial charge in [0, 0.05) is 9.37 Å². The van der Waals surface area contributed by atoms with Gasteiger partial charge in [0.05, 0.1) is 12.2 Å². The first-order chi connectivity index (χ1) is 6.69. The zero-order valence-electron chi connectivity index (χ0n) is 8.04. The third-order valence-corrected chi connectivity index (χ3v) is 3.09. The SMILES string of the molecule is CCOC(=O)c1cc(SC)ccc1Br. The van der Waals surface area contributed by atoms with Crippen molar-refractivity contribution in [3.63, 3.8) is 0 Å². The molecule has 0 unspecified atom stereocenters. The molecule has 0 amide bonds. The lowest BCUT2D eigenvalue weighted by molar-refractivity contribution is 0.0525. The van der Waals surface area contributed by atoms with Gasteiger partial charge in [-0.15, -0.1) is 11.8 Å². The van der Waals surface area contributed by atoms with Crippen LogP contribution in [0.5, 0.6) is 0 Å². The number of hydrogen-bond donors (Lipinski definition) is 0. The van der Waals surface area contributed by atoms with Crippen molar-refractivity contribution in [1.82, 2.24) is 0 Å². The molecule has 0 saturated carbocycles. The van der Waals surface area contributed by atoms with Crippen molar-refractivity contribution in [1.29, 1.82) is 0 Å². The van der Waals surface area contributed by atoms with Crippen molar-refractivity contribution in [2.45, 2.75) is 11.8 Å². The maximum Gasteiger partial charge on any atom is 0.339 e. The zero-order valence-corrected chi connectivity index (χ0v) is 10.4. The molecule has 1 rings (SSSR count). The third kappa shape index (κ3) is 2.75. The standard InChI is InChI=1S/C10H11BrO2S/c1-3-13-10(12)8-6-7(14-2)4-5-9(8)11/h4-6H,3H2,1-2H3. The van der Waals surface area contributed by atoms with Gasteiger partial charge in [-0.25, -0.2) is 4.79 Å². The van der Waals surface area contributed by atoms with Crippen LogP contribution in [0.15, 0.2) is 27.6 Å². The van der Waals surface area contributed by atoms with E-state index in [1.54, 1.807) is 18.7 Å². The van der Waals surface area contributed by atoms with E-state index in [9.17, 15) is 4.79 Å². The fourth-order valence-electron chi connectivity index (χ4n) is 0.997. The number of benzene rings is 1. The van der Waals surface area contributed by atoms with Gasteiger partial charge in [-0.3, -0.25) is 0 Å². The predicted molar refractivity (Wildman–Crippen MR) is 61.9 cm³/mol. The van der Waals surface area contributed by atoms with Gasteiger partial charge in [-0.1, -0.05) is 0 Å². The quantitative estimate of drug-likeness (QED) is 0.625. The van der Waals surface area contributed by atoms with Crippen molar-refractivity contribution >= 4 is 33.7 Å². The van der Waals surface area contributed by atoms with Crippen LogP contribution < -0.4 is 0 Å². The molecule has 0 atom stereocenters. The molecule has 0 aliphatic heterocycles. The summed E-state index contributed by atoms with van der Waals surface area (Å²) in [6.45, 7) is 2.19. The number of hydrogen-bond acceptors (Lipinski definition) is 3. The van der Waals surface area contributed by atoms with E-state index in [0.717, 1.165) is 9.37 Å². The molecule has 0 N–H and O–H groups in total. The molecule has 14 heavy (non-hydrogen) atoms. The molecule has 0 heterocycles. The first-order valence-electron chi connectivity index (χ1n) is 4.19. The van der Waals surface area contributed by atoms with E-state index in [2.05, 4.69) is 15.9 Å². The summed E-state index contributed by atoms with van der Waals surface area (Å²) in [6.07, 6.45) is 1.97. The van der Waals surface area contributed by atoms with E-state index in [4.69, 9.17) is 4.74 Å². The Bertz CT molecular complexity index is 339. The highest BCUT2D eigenvalue weighted by atomic mass is 79.9. The molecule has 76 valence electrons. The van der Waals surface area contributed by atoms with Crippen LogP contribution in [0.2, 0.25) is 0 Å². The van der Waals surface area contributed by atoms with Crippen LogP contribution in [0.4, 0.5) is 0 Å². The number of carbonyl (C=O) groups is 1. The van der Waals surface area contributed by atoms with E-state index >= 15 is 0 Å². The number of rotatable bonds is 3. The monoisotopic (exact) mass is 274 g/mol. The van der Waals surface area contributed by atoms with E-state index in [-0.39, 0.29) is 5.97 Å². The molecule has 0 bridgehead atoms. The topological polar surface area (TPSA) is 26.3 Å². The molecule has 0 spiro atoms. The molecule has 0 aliphatic rings. The number of esters is 1. The molecule has 0 aromatic heterocycles. The van der Waals surface area contributed by atoms with Gasteiger partial charge < -0.3 is 4.74 Å². The van der Waals surface area contributed by atoms with Gasteiger partial charge >= 0.3 is 5.97 Å². The summed E-state index contributed by atoms with van der Waals surface area (Å²) in [5, 5.41) is 0. The van der Waals surface area contributed by atoms with Crippen LogP contribution in [0, 0.1) is 0 Å². The Hall–Kier alpha value is -0.480. The van der Waals surface area contributed by atoms with Crippen molar-refractivity contribution < 1.29 is 9.53 Å². The van der Waals surface area contributed by atoms with E-state index in [0.29, 0.717) is 12.2 Å². The minimum Gasteiger partial charge on any atom is -0.462 e. The van der Waals surface area contributed by atoms with Crippen molar-refractivity contribution in [3.8, 4) is 0 Å². The average molecular weight is 275 g/mol. The lowest BCUT2D eigenvalue weighted by Crippen LogP contribution is -2.05. The number of carbonyl (C=O) groups excluding carboxylic acids is 1. The summed E-state index contributed by atoms with van der Waals surface area (Å²) in [5.74, 6) is -0.282. The fraction of sp³-hybridized carbons (Fsp3) is 0.300. The van der Waals surface area contributed by atoms with Crippen molar-refractivity contribution in [2.24, 2.45) is 0 Å². The van der Waals surface area contributed by atoms with Gasteiger partial charge in [-0.2, -0.15) is 0 Å². The Balaban J connectivity index is 2.99. The van der Waals surface area contributed by atoms with Gasteiger partial charge in [0.2, 0.25) is 0 Å². The highest BCUT2D eigenvalue weighted by Gasteiger charge is 2.11. The van der Waals surface area contributed by atoms with Crippen LogP contribution in [0.1, 0.15) is 17.3 Å². The number of thioether (sulfide) groups is 1. The second-order valence-electron chi connectivity index (χ2n) is 2.57. The highest BCUT2D eigenvalue weighted by molar-refractivity contribution is 9.10. The summed E-state index contributed by atoms with van der Waals surface area (Å²) in [7, 11) is 0. The van der Waals surface area contributed by atoms with Crippen molar-refractivity contribution in [3.05, 3.63) is 28.2 Å².